The lowest BCUT2D eigenvalue weighted by atomic mass is 10.3. The molecule has 2 N–H and O–H groups in total. The van der Waals surface area contributed by atoms with Gasteiger partial charge in [0.25, 0.3) is 5.91 Å². The molecule has 0 saturated carbocycles. The number of anilines is 1. The number of nitrogens with one attached hydrogen (secondary N) is 2. The maximum Gasteiger partial charge on any atom is 0.280 e. The number of amides is 1. The molecule has 0 radical (unpaired) electrons. The zero-order valence-corrected chi connectivity index (χ0v) is 10.7. The number of aromatic nitrogens is 6. The van der Waals surface area contributed by atoms with E-state index in [0.717, 1.165) is 0 Å². The lowest BCUT2D eigenvalue weighted by Gasteiger charge is -2.04. The number of hydrogen-bond acceptors (Lipinski definition) is 5. The fraction of sp³-hybridized carbons (Fsp3) is 0. The first-order chi connectivity index (χ1) is 9.74. The Kier molecular flexibility index (Phi) is 3.13. The molecular formula is C11H8ClN7O. The van der Waals surface area contributed by atoms with Crippen molar-refractivity contribution < 1.29 is 4.79 Å². The zero-order valence-electron chi connectivity index (χ0n) is 9.99. The summed E-state index contributed by atoms with van der Waals surface area (Å²) in [6.45, 7) is 0. The number of hydrogen-bond donors (Lipinski definition) is 2. The van der Waals surface area contributed by atoms with Crippen molar-refractivity contribution in [3.63, 3.8) is 0 Å². The molecule has 3 rings (SSSR count). The molecule has 2 aromatic heterocycles. The second kappa shape index (κ2) is 5.10. The van der Waals surface area contributed by atoms with Crippen molar-refractivity contribution in [2.75, 3.05) is 5.32 Å². The minimum absolute atomic E-state index is 0.116. The Hall–Kier alpha value is -2.74. The minimum atomic E-state index is -0.411. The van der Waals surface area contributed by atoms with Crippen LogP contribution in [0, 0.1) is 0 Å². The lowest BCUT2D eigenvalue weighted by Crippen LogP contribution is -2.15. The van der Waals surface area contributed by atoms with Crippen molar-refractivity contribution in [2.45, 2.75) is 0 Å². The quantitative estimate of drug-likeness (QED) is 0.756. The molecule has 0 unspecified atom stereocenters. The maximum atomic E-state index is 12.1. The normalized spacial score (nSPS) is 10.4. The van der Waals surface area contributed by atoms with Crippen LogP contribution in [0.5, 0.6) is 0 Å². The van der Waals surface area contributed by atoms with Crippen molar-refractivity contribution in [3.8, 4) is 5.82 Å². The Morgan fingerprint density at radius 3 is 2.75 bits per heavy atom. The number of carbonyl (C=O) groups excluding carboxylic acids is 1. The summed E-state index contributed by atoms with van der Waals surface area (Å²) >= 11 is 5.78. The van der Waals surface area contributed by atoms with Gasteiger partial charge in [-0.3, -0.25) is 4.79 Å². The lowest BCUT2D eigenvalue weighted by molar-refractivity contribution is 0.102. The van der Waals surface area contributed by atoms with Crippen molar-refractivity contribution >= 4 is 23.2 Å². The molecule has 20 heavy (non-hydrogen) atoms. The highest BCUT2D eigenvalue weighted by Crippen LogP contribution is 2.15. The summed E-state index contributed by atoms with van der Waals surface area (Å²) in [5.41, 5.74) is 0.720. The van der Waals surface area contributed by atoms with Gasteiger partial charge < -0.3 is 5.32 Å². The molecular weight excluding hydrogens is 282 g/mol. The molecule has 100 valence electrons. The molecule has 1 aromatic carbocycles. The van der Waals surface area contributed by atoms with Gasteiger partial charge in [0.2, 0.25) is 5.82 Å². The number of H-pyrrole nitrogens is 1. The van der Waals surface area contributed by atoms with Gasteiger partial charge >= 0.3 is 0 Å². The summed E-state index contributed by atoms with van der Waals surface area (Å²) in [5.74, 6) is -0.138. The zero-order chi connectivity index (χ0) is 13.9. The number of halogens is 1. The third-order valence-electron chi connectivity index (χ3n) is 2.49. The second-order valence-electron chi connectivity index (χ2n) is 3.80. The molecule has 3 aromatic rings. The van der Waals surface area contributed by atoms with E-state index in [4.69, 9.17) is 11.6 Å². The van der Waals surface area contributed by atoms with E-state index >= 15 is 0 Å². The van der Waals surface area contributed by atoms with Crippen LogP contribution in [0.4, 0.5) is 5.69 Å². The van der Waals surface area contributed by atoms with Crippen LogP contribution in [0.15, 0.2) is 36.7 Å². The van der Waals surface area contributed by atoms with E-state index in [1.54, 1.807) is 30.5 Å². The highest BCUT2D eigenvalue weighted by Gasteiger charge is 2.18. The van der Waals surface area contributed by atoms with Crippen LogP contribution < -0.4 is 5.32 Å². The van der Waals surface area contributed by atoms with E-state index < -0.39 is 5.91 Å². The van der Waals surface area contributed by atoms with Crippen LogP contribution >= 0.6 is 11.6 Å². The first kappa shape index (κ1) is 12.3. The molecule has 8 nitrogen and oxygen atoms in total. The predicted molar refractivity (Wildman–Crippen MR) is 70.7 cm³/mol. The molecule has 0 aliphatic rings. The monoisotopic (exact) mass is 289 g/mol. The van der Waals surface area contributed by atoms with Crippen molar-refractivity contribution in [2.24, 2.45) is 0 Å². The van der Waals surface area contributed by atoms with Crippen LogP contribution in [-0.2, 0) is 0 Å². The van der Waals surface area contributed by atoms with Gasteiger partial charge in [-0.2, -0.15) is 9.90 Å². The van der Waals surface area contributed by atoms with Gasteiger partial charge in [-0.25, -0.2) is 0 Å². The van der Waals surface area contributed by atoms with E-state index in [-0.39, 0.29) is 11.5 Å². The van der Waals surface area contributed by atoms with E-state index in [1.165, 1.54) is 10.9 Å². The standard InChI is InChI=1S/C11H8ClN7O/c12-7-1-3-8(4-2-7)14-11(20)9-10(16-17-15-9)19-6-5-13-18-19/h1-6H,(H,14,20)(H,15,16,17). The number of nitrogens with zero attached hydrogens (tertiary/aromatic N) is 5. The fourth-order valence-electron chi connectivity index (χ4n) is 1.58. The average Bonchev–Trinajstić information content (AvgIpc) is 3.11. The fourth-order valence-corrected chi connectivity index (χ4v) is 1.71. The van der Waals surface area contributed by atoms with Gasteiger partial charge in [-0.1, -0.05) is 16.8 Å². The van der Waals surface area contributed by atoms with Crippen molar-refractivity contribution in [3.05, 3.63) is 47.4 Å². The van der Waals surface area contributed by atoms with Gasteiger partial charge in [-0.15, -0.1) is 15.3 Å². The molecule has 0 fully saturated rings. The third-order valence-corrected chi connectivity index (χ3v) is 2.74. The molecule has 9 heteroatoms. The summed E-state index contributed by atoms with van der Waals surface area (Å²) in [5, 5.41) is 20.8. The Morgan fingerprint density at radius 1 is 1.25 bits per heavy atom. The van der Waals surface area contributed by atoms with Gasteiger partial charge in [0, 0.05) is 10.7 Å². The summed E-state index contributed by atoms with van der Waals surface area (Å²) in [4.78, 5) is 12.1. The number of benzene rings is 1. The number of rotatable bonds is 3. The number of carbonyl (C=O) groups is 1. The largest absolute Gasteiger partial charge is 0.320 e. The molecule has 2 heterocycles. The van der Waals surface area contributed by atoms with Crippen LogP contribution in [0.2, 0.25) is 5.02 Å². The molecule has 0 atom stereocenters. The summed E-state index contributed by atoms with van der Waals surface area (Å²) in [6.07, 6.45) is 3.05. The topological polar surface area (TPSA) is 101 Å². The Balaban J connectivity index is 1.85. The summed E-state index contributed by atoms with van der Waals surface area (Å²) in [6, 6.07) is 6.74. The van der Waals surface area contributed by atoms with Crippen LogP contribution in [-0.4, -0.2) is 36.3 Å². The Labute approximate surface area is 117 Å². The van der Waals surface area contributed by atoms with Crippen molar-refractivity contribution in [1.82, 2.24) is 30.4 Å². The first-order valence-electron chi connectivity index (χ1n) is 5.58. The van der Waals surface area contributed by atoms with Crippen LogP contribution in [0.3, 0.4) is 0 Å². The molecule has 0 aliphatic carbocycles. The smallest absolute Gasteiger partial charge is 0.280 e. The maximum absolute atomic E-state index is 12.1. The molecule has 0 bridgehead atoms. The SMILES string of the molecule is O=C(Nc1ccc(Cl)cc1)c1n[nH]nc1-n1ccnn1. The molecule has 0 aliphatic heterocycles. The van der Waals surface area contributed by atoms with Gasteiger partial charge in [0.1, 0.15) is 0 Å². The Bertz CT molecular complexity index is 720. The second-order valence-corrected chi connectivity index (χ2v) is 4.24. The molecule has 0 spiro atoms. The predicted octanol–water partition coefficient (Wildman–Crippen LogP) is 1.29. The Morgan fingerprint density at radius 2 is 2.05 bits per heavy atom. The summed E-state index contributed by atoms with van der Waals surface area (Å²) in [7, 11) is 0. The minimum Gasteiger partial charge on any atom is -0.320 e. The van der Waals surface area contributed by atoms with E-state index in [9.17, 15) is 4.79 Å². The average molecular weight is 290 g/mol. The van der Waals surface area contributed by atoms with E-state index in [0.29, 0.717) is 10.7 Å². The first-order valence-corrected chi connectivity index (χ1v) is 5.96. The van der Waals surface area contributed by atoms with Crippen LogP contribution in [0.1, 0.15) is 10.5 Å². The van der Waals surface area contributed by atoms with E-state index in [2.05, 4.69) is 31.0 Å². The van der Waals surface area contributed by atoms with Gasteiger partial charge in [0.05, 0.1) is 12.4 Å². The van der Waals surface area contributed by atoms with E-state index in [1.807, 2.05) is 0 Å². The van der Waals surface area contributed by atoms with Gasteiger partial charge in [-0.05, 0) is 24.3 Å². The molecule has 1 amide bonds. The summed E-state index contributed by atoms with van der Waals surface area (Å²) < 4.78 is 1.35. The highest BCUT2D eigenvalue weighted by molar-refractivity contribution is 6.30. The third kappa shape index (κ3) is 2.36. The number of aromatic amines is 1. The molecule has 0 saturated heterocycles. The highest BCUT2D eigenvalue weighted by atomic mass is 35.5. The van der Waals surface area contributed by atoms with Crippen LogP contribution in [0.25, 0.3) is 5.82 Å². The van der Waals surface area contributed by atoms with Crippen molar-refractivity contribution in [1.29, 1.82) is 0 Å². The van der Waals surface area contributed by atoms with Gasteiger partial charge in [0.15, 0.2) is 5.69 Å².